The highest BCUT2D eigenvalue weighted by atomic mass is 32.2. The summed E-state index contributed by atoms with van der Waals surface area (Å²) in [5, 5.41) is 0. The summed E-state index contributed by atoms with van der Waals surface area (Å²) in [5.41, 5.74) is 7.86. The number of nitrogens with two attached hydrogens (primary N) is 1. The molecular formula is C20H18N4O4S. The summed E-state index contributed by atoms with van der Waals surface area (Å²) < 4.78 is 24.6. The average Bonchev–Trinajstić information content (AvgIpc) is 2.73. The van der Waals surface area contributed by atoms with Crippen LogP contribution in [0.3, 0.4) is 0 Å². The highest BCUT2D eigenvalue weighted by Crippen LogP contribution is 2.22. The van der Waals surface area contributed by atoms with Gasteiger partial charge in [-0.3, -0.25) is 9.78 Å². The normalized spacial score (nSPS) is 11.7. The molecule has 29 heavy (non-hydrogen) atoms. The number of rotatable bonds is 5. The van der Waals surface area contributed by atoms with Crippen LogP contribution < -0.4 is 10.6 Å². The molecule has 8 nitrogen and oxygen atoms in total. The molecule has 0 spiro atoms. The zero-order chi connectivity index (χ0) is 20.9. The van der Waals surface area contributed by atoms with Crippen LogP contribution in [0.5, 0.6) is 5.75 Å². The van der Waals surface area contributed by atoms with Crippen LogP contribution in [0.15, 0.2) is 84.1 Å². The maximum atomic E-state index is 12.2. The molecule has 1 aromatic heterocycles. The molecule has 0 saturated heterocycles. The molecule has 0 saturated carbocycles. The van der Waals surface area contributed by atoms with Crippen LogP contribution in [0.2, 0.25) is 0 Å². The fraction of sp³-hybridized carbons (Fsp3) is 0.0500. The van der Waals surface area contributed by atoms with E-state index in [2.05, 4.69) is 9.98 Å². The van der Waals surface area contributed by atoms with Crippen LogP contribution in [-0.2, 0) is 10.0 Å². The van der Waals surface area contributed by atoms with Gasteiger partial charge >= 0.3 is 0 Å². The zero-order valence-corrected chi connectivity index (χ0v) is 16.3. The predicted octanol–water partition coefficient (Wildman–Crippen LogP) is 2.46. The van der Waals surface area contributed by atoms with Crippen molar-refractivity contribution in [2.45, 2.75) is 0 Å². The third-order valence-electron chi connectivity index (χ3n) is 3.78. The van der Waals surface area contributed by atoms with Gasteiger partial charge in [0.2, 0.25) is 0 Å². The second-order valence-corrected chi connectivity index (χ2v) is 7.78. The van der Waals surface area contributed by atoms with Gasteiger partial charge in [0, 0.05) is 18.0 Å². The number of benzene rings is 2. The second kappa shape index (κ2) is 8.53. The number of hydrogen-bond donors (Lipinski definition) is 1. The molecule has 1 amide bonds. The Morgan fingerprint density at radius 2 is 1.55 bits per heavy atom. The van der Waals surface area contributed by atoms with Crippen molar-refractivity contribution in [3.05, 3.63) is 84.7 Å². The van der Waals surface area contributed by atoms with Gasteiger partial charge in [0.1, 0.15) is 0 Å². The summed E-state index contributed by atoms with van der Waals surface area (Å²) >= 11 is 0. The Labute approximate surface area is 168 Å². The van der Waals surface area contributed by atoms with Crippen LogP contribution in [0.4, 0.5) is 0 Å². The number of guanidine groups is 1. The molecule has 0 unspecified atom stereocenters. The van der Waals surface area contributed by atoms with Gasteiger partial charge in [0.15, 0.2) is 5.75 Å². The maximum Gasteiger partial charge on any atom is 0.280 e. The van der Waals surface area contributed by atoms with Crippen molar-refractivity contribution in [1.82, 2.24) is 9.45 Å². The Kier molecular flexibility index (Phi) is 5.89. The molecule has 148 valence electrons. The van der Waals surface area contributed by atoms with Crippen molar-refractivity contribution >= 4 is 21.9 Å². The molecule has 9 heteroatoms. The van der Waals surface area contributed by atoms with Gasteiger partial charge in [0.25, 0.3) is 21.9 Å². The van der Waals surface area contributed by atoms with Crippen molar-refractivity contribution in [2.24, 2.45) is 10.7 Å². The average molecular weight is 410 g/mol. The molecule has 0 aliphatic rings. The lowest BCUT2D eigenvalue weighted by Crippen LogP contribution is -2.44. The van der Waals surface area contributed by atoms with Crippen LogP contribution >= 0.6 is 0 Å². The van der Waals surface area contributed by atoms with E-state index >= 15 is 0 Å². The maximum absolute atomic E-state index is 12.2. The minimum Gasteiger partial charge on any atom is -0.366 e. The van der Waals surface area contributed by atoms with Crippen molar-refractivity contribution < 1.29 is 18.0 Å². The van der Waals surface area contributed by atoms with Gasteiger partial charge in [0.05, 0.1) is 6.26 Å². The topological polar surface area (TPSA) is 115 Å². The Hall–Kier alpha value is -3.72. The SMILES string of the molecule is CS(=O)(=O)N(Oc1ccc(-c2ccncc2)cc1)C(N)=NC(=O)c1ccccc1. The molecule has 0 bridgehead atoms. The number of hydrogen-bond acceptors (Lipinski definition) is 5. The fourth-order valence-corrected chi connectivity index (χ4v) is 3.02. The van der Waals surface area contributed by atoms with E-state index in [1.807, 2.05) is 12.1 Å². The summed E-state index contributed by atoms with van der Waals surface area (Å²) in [6.45, 7) is 0. The monoisotopic (exact) mass is 410 g/mol. The van der Waals surface area contributed by atoms with Crippen LogP contribution in [0.1, 0.15) is 10.4 Å². The van der Waals surface area contributed by atoms with Gasteiger partial charge in [-0.15, -0.1) is 0 Å². The van der Waals surface area contributed by atoms with E-state index < -0.39 is 21.9 Å². The summed E-state index contributed by atoms with van der Waals surface area (Å²) in [5.74, 6) is -1.08. The zero-order valence-electron chi connectivity index (χ0n) is 15.5. The number of pyridine rings is 1. The Morgan fingerprint density at radius 3 is 2.14 bits per heavy atom. The lowest BCUT2D eigenvalue weighted by Gasteiger charge is -2.20. The summed E-state index contributed by atoms with van der Waals surface area (Å²) in [7, 11) is -3.96. The van der Waals surface area contributed by atoms with Gasteiger partial charge in [-0.2, -0.15) is 4.99 Å². The molecule has 2 aromatic carbocycles. The first-order chi connectivity index (χ1) is 13.8. The van der Waals surface area contributed by atoms with Gasteiger partial charge < -0.3 is 10.6 Å². The largest absolute Gasteiger partial charge is 0.366 e. The highest BCUT2D eigenvalue weighted by molar-refractivity contribution is 7.88. The quantitative estimate of drug-likeness (QED) is 0.392. The number of hydroxylamine groups is 1. The standard InChI is InChI=1S/C20H18N4O4S/c1-29(26,27)24(20(21)23-19(25)17-5-3-2-4-6-17)28-18-9-7-15(8-10-18)16-11-13-22-14-12-16/h2-14H,1H3,(H2,21,23,25). The second-order valence-electron chi connectivity index (χ2n) is 5.98. The summed E-state index contributed by atoms with van der Waals surface area (Å²) in [6, 6.07) is 18.5. The molecule has 0 fully saturated rings. The molecule has 3 aromatic rings. The van der Waals surface area contributed by atoms with Crippen LogP contribution in [0.25, 0.3) is 11.1 Å². The lowest BCUT2D eigenvalue weighted by molar-refractivity contribution is 0.0972. The van der Waals surface area contributed by atoms with Crippen LogP contribution in [-0.4, -0.2) is 36.0 Å². The summed E-state index contributed by atoms with van der Waals surface area (Å²) in [4.78, 5) is 25.2. The number of nitrogens with zero attached hydrogens (tertiary/aromatic N) is 3. The van der Waals surface area contributed by atoms with E-state index in [1.165, 1.54) is 0 Å². The Morgan fingerprint density at radius 1 is 0.966 bits per heavy atom. The number of carbonyl (C=O) groups excluding carboxylic acids is 1. The van der Waals surface area contributed by atoms with Gasteiger partial charge in [-0.05, 0) is 47.5 Å². The predicted molar refractivity (Wildman–Crippen MR) is 109 cm³/mol. The molecule has 1 heterocycles. The first kappa shape index (κ1) is 20.0. The molecule has 0 aliphatic carbocycles. The minimum atomic E-state index is -3.96. The number of sulfonamides is 1. The molecule has 0 radical (unpaired) electrons. The summed E-state index contributed by atoms with van der Waals surface area (Å²) in [6.07, 6.45) is 4.24. The Bertz CT molecular complexity index is 1120. The molecule has 0 aliphatic heterocycles. The number of aliphatic imine (C=N–C) groups is 1. The third kappa shape index (κ3) is 5.17. The highest BCUT2D eigenvalue weighted by Gasteiger charge is 2.23. The van der Waals surface area contributed by atoms with E-state index in [-0.39, 0.29) is 11.3 Å². The van der Waals surface area contributed by atoms with Crippen molar-refractivity contribution in [1.29, 1.82) is 0 Å². The van der Waals surface area contributed by atoms with Gasteiger partial charge in [-0.1, -0.05) is 34.8 Å². The van der Waals surface area contributed by atoms with E-state index in [0.717, 1.165) is 17.4 Å². The van der Waals surface area contributed by atoms with E-state index in [0.29, 0.717) is 4.47 Å². The van der Waals surface area contributed by atoms with Crippen LogP contribution in [0, 0.1) is 0 Å². The first-order valence-corrected chi connectivity index (χ1v) is 10.3. The van der Waals surface area contributed by atoms with E-state index in [9.17, 15) is 13.2 Å². The van der Waals surface area contributed by atoms with E-state index in [1.54, 1.807) is 67.0 Å². The smallest absolute Gasteiger partial charge is 0.280 e. The van der Waals surface area contributed by atoms with Gasteiger partial charge in [-0.25, -0.2) is 8.42 Å². The molecule has 0 atom stereocenters. The first-order valence-electron chi connectivity index (χ1n) is 8.47. The molecule has 3 rings (SSSR count). The number of amides is 1. The Balaban J connectivity index is 1.83. The minimum absolute atomic E-state index is 0.207. The number of carbonyl (C=O) groups is 1. The molecular weight excluding hydrogens is 392 g/mol. The van der Waals surface area contributed by atoms with E-state index in [4.69, 9.17) is 10.6 Å². The van der Waals surface area contributed by atoms with Crippen molar-refractivity contribution in [3.8, 4) is 16.9 Å². The number of aromatic nitrogens is 1. The van der Waals surface area contributed by atoms with Crippen molar-refractivity contribution in [3.63, 3.8) is 0 Å². The lowest BCUT2D eigenvalue weighted by atomic mass is 10.1. The third-order valence-corrected chi connectivity index (χ3v) is 4.65. The molecule has 2 N–H and O–H groups in total. The fourth-order valence-electron chi connectivity index (χ4n) is 2.42. The van der Waals surface area contributed by atoms with Crippen molar-refractivity contribution in [2.75, 3.05) is 6.26 Å².